The summed E-state index contributed by atoms with van der Waals surface area (Å²) in [7, 11) is 3.21. The van der Waals surface area contributed by atoms with Crippen molar-refractivity contribution >= 4 is 17.9 Å². The van der Waals surface area contributed by atoms with E-state index in [1.54, 1.807) is 21.0 Å². The highest BCUT2D eigenvalue weighted by atomic mass is 16.4. The molecule has 0 rings (SSSR count). The fraction of sp³-hybridized carbons (Fsp3) is 0.700. The maximum atomic E-state index is 11.3. The number of carbonyl (C=O) groups is 3. The second-order valence-electron chi connectivity index (χ2n) is 4.50. The molecule has 0 amide bonds. The molecule has 1 unspecified atom stereocenters. The predicted octanol–water partition coefficient (Wildman–Crippen LogP) is -1.04. The van der Waals surface area contributed by atoms with Crippen molar-refractivity contribution in [2.45, 2.75) is 13.1 Å². The molecule has 0 saturated carbocycles. The van der Waals surface area contributed by atoms with Crippen molar-refractivity contribution in [1.82, 2.24) is 4.90 Å². The molecule has 8 nitrogen and oxygen atoms in total. The van der Waals surface area contributed by atoms with Crippen LogP contribution in [0.5, 0.6) is 0 Å². The number of nitrogens with zero attached hydrogens (tertiary/aromatic N) is 2. The van der Waals surface area contributed by atoms with Gasteiger partial charge in [-0.1, -0.05) is 0 Å². The topological polar surface area (TPSA) is 115 Å². The Morgan fingerprint density at radius 2 is 1.44 bits per heavy atom. The first kappa shape index (κ1) is 16.3. The van der Waals surface area contributed by atoms with Crippen molar-refractivity contribution < 1.29 is 34.2 Å². The molecule has 0 bridgehead atoms. The quantitative estimate of drug-likeness (QED) is 0.378. The molecule has 0 saturated heterocycles. The van der Waals surface area contributed by atoms with E-state index in [-0.39, 0.29) is 4.48 Å². The zero-order valence-electron chi connectivity index (χ0n) is 10.7. The Balaban J connectivity index is 5.27. The van der Waals surface area contributed by atoms with Crippen LogP contribution in [0.3, 0.4) is 0 Å². The second kappa shape index (κ2) is 6.31. The minimum atomic E-state index is -1.27. The van der Waals surface area contributed by atoms with E-state index in [1.165, 1.54) is 0 Å². The van der Waals surface area contributed by atoms with Gasteiger partial charge in [0.2, 0.25) is 6.17 Å². The van der Waals surface area contributed by atoms with E-state index in [4.69, 9.17) is 10.2 Å². The molecule has 0 aromatic heterocycles. The van der Waals surface area contributed by atoms with E-state index in [9.17, 15) is 19.5 Å². The normalized spacial score (nSPS) is 13.3. The lowest BCUT2D eigenvalue weighted by molar-refractivity contribution is -0.915. The molecular weight excluding hydrogens is 244 g/mol. The molecule has 18 heavy (non-hydrogen) atoms. The summed E-state index contributed by atoms with van der Waals surface area (Å²) in [5, 5.41) is 26.7. The SMILES string of the molecule is CC[N+](C)(C)C(C(=O)O)N(CC(=O)O)CC(=O)O. The third kappa shape index (κ3) is 4.68. The first-order chi connectivity index (χ1) is 8.11. The van der Waals surface area contributed by atoms with Crippen LogP contribution in [-0.2, 0) is 14.4 Å². The van der Waals surface area contributed by atoms with Gasteiger partial charge in [0, 0.05) is 0 Å². The maximum absolute atomic E-state index is 11.3. The molecule has 8 heteroatoms. The zero-order valence-corrected chi connectivity index (χ0v) is 10.7. The summed E-state index contributed by atoms with van der Waals surface area (Å²) in [6.07, 6.45) is -1.22. The third-order valence-electron chi connectivity index (χ3n) is 2.72. The predicted molar refractivity (Wildman–Crippen MR) is 60.9 cm³/mol. The van der Waals surface area contributed by atoms with Gasteiger partial charge in [-0.15, -0.1) is 0 Å². The van der Waals surface area contributed by atoms with Crippen LogP contribution in [0.15, 0.2) is 0 Å². The van der Waals surface area contributed by atoms with E-state index in [0.717, 1.165) is 4.90 Å². The second-order valence-corrected chi connectivity index (χ2v) is 4.50. The molecule has 0 aliphatic rings. The van der Waals surface area contributed by atoms with Gasteiger partial charge in [0.15, 0.2) is 0 Å². The number of hydrogen-bond acceptors (Lipinski definition) is 4. The van der Waals surface area contributed by atoms with Gasteiger partial charge in [-0.2, -0.15) is 0 Å². The summed E-state index contributed by atoms with van der Waals surface area (Å²) in [5.41, 5.74) is 0. The van der Waals surface area contributed by atoms with Crippen molar-refractivity contribution in [3.63, 3.8) is 0 Å². The first-order valence-electron chi connectivity index (χ1n) is 5.35. The molecule has 0 aliphatic carbocycles. The zero-order chi connectivity index (χ0) is 14.5. The Bertz CT molecular complexity index is 325. The summed E-state index contributed by atoms with van der Waals surface area (Å²) >= 11 is 0. The van der Waals surface area contributed by atoms with Gasteiger partial charge in [-0.05, 0) is 6.92 Å². The van der Waals surface area contributed by atoms with Crippen molar-refractivity contribution in [1.29, 1.82) is 0 Å². The van der Waals surface area contributed by atoms with Crippen LogP contribution in [0, 0.1) is 0 Å². The number of quaternary nitrogens is 1. The smallest absolute Gasteiger partial charge is 0.379 e. The number of likely N-dealkylation sites (N-methyl/N-ethyl adjacent to an activating group) is 1. The van der Waals surface area contributed by atoms with Crippen molar-refractivity contribution in [3.8, 4) is 0 Å². The van der Waals surface area contributed by atoms with Crippen molar-refractivity contribution in [2.24, 2.45) is 0 Å². The molecule has 0 aliphatic heterocycles. The molecule has 0 heterocycles. The van der Waals surface area contributed by atoms with Crippen molar-refractivity contribution in [2.75, 3.05) is 33.7 Å². The van der Waals surface area contributed by atoms with Gasteiger partial charge in [0.05, 0.1) is 20.6 Å². The monoisotopic (exact) mass is 263 g/mol. The third-order valence-corrected chi connectivity index (χ3v) is 2.72. The van der Waals surface area contributed by atoms with Crippen LogP contribution in [0.25, 0.3) is 0 Å². The van der Waals surface area contributed by atoms with Crippen LogP contribution in [0.1, 0.15) is 6.92 Å². The highest BCUT2D eigenvalue weighted by Gasteiger charge is 2.40. The first-order valence-corrected chi connectivity index (χ1v) is 5.35. The molecular formula is C10H19N2O6+. The van der Waals surface area contributed by atoms with Gasteiger partial charge in [0.25, 0.3) is 0 Å². The lowest BCUT2D eigenvalue weighted by atomic mass is 10.3. The number of carboxylic acids is 3. The molecule has 0 spiro atoms. The highest BCUT2D eigenvalue weighted by molar-refractivity contribution is 5.77. The standard InChI is InChI=1S/C10H18N2O6/c1-4-12(2,3)9(10(17)18)11(5-7(13)14)6-8(15)16/h9H,4-6H2,1-3H3,(H2-,13,14,15,16,17,18)/p+1. The Hall–Kier alpha value is -1.67. The van der Waals surface area contributed by atoms with E-state index in [2.05, 4.69) is 0 Å². The van der Waals surface area contributed by atoms with E-state index < -0.39 is 37.2 Å². The van der Waals surface area contributed by atoms with E-state index in [1.807, 2.05) is 0 Å². The lowest BCUT2D eigenvalue weighted by Gasteiger charge is -2.39. The van der Waals surface area contributed by atoms with Crippen LogP contribution in [0.4, 0.5) is 0 Å². The molecule has 0 fully saturated rings. The minimum absolute atomic E-state index is 0.0319. The summed E-state index contributed by atoms with van der Waals surface area (Å²) < 4.78 is -0.0319. The van der Waals surface area contributed by atoms with E-state index >= 15 is 0 Å². The van der Waals surface area contributed by atoms with E-state index in [0.29, 0.717) is 6.54 Å². The average molecular weight is 263 g/mol. The lowest BCUT2D eigenvalue weighted by Crippen LogP contribution is -2.63. The Kier molecular flexibility index (Phi) is 5.73. The van der Waals surface area contributed by atoms with Gasteiger partial charge < -0.3 is 19.8 Å². The largest absolute Gasteiger partial charge is 0.480 e. The van der Waals surface area contributed by atoms with Gasteiger partial charge in [-0.25, -0.2) is 9.69 Å². The summed E-state index contributed by atoms with van der Waals surface area (Å²) in [5.74, 6) is -3.78. The summed E-state index contributed by atoms with van der Waals surface area (Å²) in [4.78, 5) is 33.6. The Morgan fingerprint density at radius 3 is 1.67 bits per heavy atom. The fourth-order valence-electron chi connectivity index (χ4n) is 1.65. The summed E-state index contributed by atoms with van der Waals surface area (Å²) in [6, 6.07) is 0. The number of rotatable bonds is 8. The minimum Gasteiger partial charge on any atom is -0.480 e. The molecule has 3 N–H and O–H groups in total. The number of carboxylic acid groups (broad SMARTS) is 3. The Labute approximate surface area is 105 Å². The van der Waals surface area contributed by atoms with Crippen molar-refractivity contribution in [3.05, 3.63) is 0 Å². The summed E-state index contributed by atoms with van der Waals surface area (Å²) in [6.45, 7) is 0.901. The highest BCUT2D eigenvalue weighted by Crippen LogP contribution is 2.12. The number of aliphatic carboxylic acids is 3. The maximum Gasteiger partial charge on any atom is 0.379 e. The van der Waals surface area contributed by atoms with Crippen LogP contribution in [-0.4, -0.2) is 82.5 Å². The average Bonchev–Trinajstić information content (AvgIpc) is 2.14. The Morgan fingerprint density at radius 1 is 1.06 bits per heavy atom. The molecule has 0 aromatic rings. The van der Waals surface area contributed by atoms with Crippen LogP contribution in [0.2, 0.25) is 0 Å². The molecule has 0 aromatic carbocycles. The molecule has 104 valence electrons. The van der Waals surface area contributed by atoms with Crippen LogP contribution < -0.4 is 0 Å². The van der Waals surface area contributed by atoms with Gasteiger partial charge in [-0.3, -0.25) is 9.59 Å². The fourth-order valence-corrected chi connectivity index (χ4v) is 1.65. The number of hydrogen-bond donors (Lipinski definition) is 3. The van der Waals surface area contributed by atoms with Gasteiger partial charge >= 0.3 is 17.9 Å². The molecule has 0 radical (unpaired) electrons. The van der Waals surface area contributed by atoms with Gasteiger partial charge in [0.1, 0.15) is 13.1 Å². The van der Waals surface area contributed by atoms with Crippen LogP contribution >= 0.6 is 0 Å². The molecule has 1 atom stereocenters.